The molecule has 182 valence electrons. The van der Waals surface area contributed by atoms with Gasteiger partial charge in [-0.25, -0.2) is 0 Å². The second kappa shape index (κ2) is 10.4. The lowest BCUT2D eigenvalue weighted by atomic mass is 9.96. The van der Waals surface area contributed by atoms with Crippen LogP contribution in [0.15, 0.2) is 36.4 Å². The molecule has 0 radical (unpaired) electrons. The first-order valence-electron chi connectivity index (χ1n) is 11.1. The molecule has 34 heavy (non-hydrogen) atoms. The standard InChI is InChI=1S/C25H28F3N3O3/c1-16-13-17(2)22(18(3)14-16)23(33)24(34)31-10-6-9-30(11-12-31)15-21(32)29-20-8-5-4-7-19(20)25(26,27)28/h4-5,7-8,13-14H,6,9-12,15H2,1-3H3,(H,29,32). The van der Waals surface area contributed by atoms with Gasteiger partial charge in [-0.1, -0.05) is 29.8 Å². The molecule has 1 heterocycles. The van der Waals surface area contributed by atoms with Crippen molar-refractivity contribution in [2.45, 2.75) is 33.4 Å². The van der Waals surface area contributed by atoms with Gasteiger partial charge in [0.25, 0.3) is 11.7 Å². The number of nitrogens with one attached hydrogen (secondary N) is 1. The maximum Gasteiger partial charge on any atom is 0.418 e. The minimum atomic E-state index is -4.58. The van der Waals surface area contributed by atoms with Crippen molar-refractivity contribution in [1.82, 2.24) is 9.80 Å². The van der Waals surface area contributed by atoms with Crippen LogP contribution in [0.4, 0.5) is 18.9 Å². The van der Waals surface area contributed by atoms with Crippen LogP contribution in [0, 0.1) is 20.8 Å². The fraction of sp³-hybridized carbons (Fsp3) is 0.400. The number of nitrogens with zero attached hydrogens (tertiary/aromatic N) is 2. The Hall–Kier alpha value is -3.20. The summed E-state index contributed by atoms with van der Waals surface area (Å²) in [7, 11) is 0. The largest absolute Gasteiger partial charge is 0.418 e. The number of alkyl halides is 3. The van der Waals surface area contributed by atoms with E-state index in [1.807, 2.05) is 19.1 Å². The Morgan fingerprint density at radius 1 is 0.941 bits per heavy atom. The number of para-hydroxylation sites is 1. The molecule has 9 heteroatoms. The van der Waals surface area contributed by atoms with Gasteiger partial charge in [0.05, 0.1) is 17.8 Å². The minimum absolute atomic E-state index is 0.113. The van der Waals surface area contributed by atoms with E-state index in [-0.39, 0.29) is 18.8 Å². The van der Waals surface area contributed by atoms with E-state index in [4.69, 9.17) is 0 Å². The Morgan fingerprint density at radius 3 is 2.24 bits per heavy atom. The Balaban J connectivity index is 1.61. The first kappa shape index (κ1) is 25.4. The average Bonchev–Trinajstić information content (AvgIpc) is 2.97. The van der Waals surface area contributed by atoms with Crippen LogP contribution >= 0.6 is 0 Å². The Bertz CT molecular complexity index is 1080. The molecular weight excluding hydrogens is 447 g/mol. The van der Waals surface area contributed by atoms with Crippen molar-refractivity contribution < 1.29 is 27.6 Å². The lowest BCUT2D eigenvalue weighted by Crippen LogP contribution is -2.41. The first-order chi connectivity index (χ1) is 16.0. The summed E-state index contributed by atoms with van der Waals surface area (Å²) >= 11 is 0. The predicted molar refractivity (Wildman–Crippen MR) is 123 cm³/mol. The highest BCUT2D eigenvalue weighted by Crippen LogP contribution is 2.34. The fourth-order valence-electron chi connectivity index (χ4n) is 4.35. The van der Waals surface area contributed by atoms with Crippen LogP contribution in [0.25, 0.3) is 0 Å². The summed E-state index contributed by atoms with van der Waals surface area (Å²) in [6.07, 6.45) is -4.04. The fourth-order valence-corrected chi connectivity index (χ4v) is 4.35. The van der Waals surface area contributed by atoms with E-state index in [2.05, 4.69) is 5.32 Å². The molecule has 0 aliphatic carbocycles. The van der Waals surface area contributed by atoms with Gasteiger partial charge in [0.1, 0.15) is 0 Å². The predicted octanol–water partition coefficient (Wildman–Crippen LogP) is 3.99. The van der Waals surface area contributed by atoms with Gasteiger partial charge >= 0.3 is 6.18 Å². The van der Waals surface area contributed by atoms with Crippen LogP contribution in [0.2, 0.25) is 0 Å². The van der Waals surface area contributed by atoms with Crippen molar-refractivity contribution in [3.63, 3.8) is 0 Å². The molecule has 1 aliphatic heterocycles. The molecule has 1 saturated heterocycles. The van der Waals surface area contributed by atoms with Crippen molar-refractivity contribution in [2.24, 2.45) is 0 Å². The Labute approximate surface area is 196 Å². The normalized spacial score (nSPS) is 15.1. The molecule has 2 aromatic carbocycles. The lowest BCUT2D eigenvalue weighted by Gasteiger charge is -2.22. The zero-order valence-corrected chi connectivity index (χ0v) is 19.5. The number of Topliss-reactive ketones (excluding diaryl/α,β-unsaturated/α-hetero) is 1. The molecule has 0 saturated carbocycles. The maximum absolute atomic E-state index is 13.2. The molecule has 1 fully saturated rings. The molecule has 1 N–H and O–H groups in total. The zero-order valence-electron chi connectivity index (χ0n) is 19.5. The van der Waals surface area contributed by atoms with E-state index in [0.29, 0.717) is 31.6 Å². The number of halogens is 3. The summed E-state index contributed by atoms with van der Waals surface area (Å²) < 4.78 is 39.5. The van der Waals surface area contributed by atoms with Crippen LogP contribution < -0.4 is 5.32 Å². The van der Waals surface area contributed by atoms with Crippen LogP contribution in [0.5, 0.6) is 0 Å². The Morgan fingerprint density at radius 2 is 1.59 bits per heavy atom. The van der Waals surface area contributed by atoms with Gasteiger partial charge < -0.3 is 10.2 Å². The maximum atomic E-state index is 13.2. The van der Waals surface area contributed by atoms with E-state index in [0.717, 1.165) is 22.8 Å². The molecule has 0 aromatic heterocycles. The van der Waals surface area contributed by atoms with E-state index in [1.165, 1.54) is 23.1 Å². The van der Waals surface area contributed by atoms with E-state index in [9.17, 15) is 27.6 Å². The summed E-state index contributed by atoms with van der Waals surface area (Å²) in [5.74, 6) is -1.70. The third-order valence-corrected chi connectivity index (χ3v) is 5.85. The van der Waals surface area contributed by atoms with Gasteiger partial charge in [0, 0.05) is 31.7 Å². The molecule has 0 bridgehead atoms. The van der Waals surface area contributed by atoms with Crippen molar-refractivity contribution >= 4 is 23.3 Å². The van der Waals surface area contributed by atoms with Gasteiger partial charge in [-0.3, -0.25) is 19.3 Å². The molecular formula is C25H28F3N3O3. The molecule has 2 amide bonds. The molecule has 0 atom stereocenters. The summed E-state index contributed by atoms with van der Waals surface area (Å²) in [6, 6.07) is 8.55. The van der Waals surface area contributed by atoms with E-state index in [1.54, 1.807) is 18.7 Å². The highest BCUT2D eigenvalue weighted by molar-refractivity contribution is 6.43. The Kier molecular flexibility index (Phi) is 7.76. The van der Waals surface area contributed by atoms with Crippen LogP contribution in [0.1, 0.15) is 39.0 Å². The van der Waals surface area contributed by atoms with Gasteiger partial charge in [0.2, 0.25) is 5.91 Å². The molecule has 3 rings (SSSR count). The number of ketones is 1. The van der Waals surface area contributed by atoms with Crippen molar-refractivity contribution in [3.05, 3.63) is 64.2 Å². The number of benzene rings is 2. The highest BCUT2D eigenvalue weighted by Gasteiger charge is 2.34. The summed E-state index contributed by atoms with van der Waals surface area (Å²) in [5, 5.41) is 2.34. The number of anilines is 1. The van der Waals surface area contributed by atoms with Crippen LogP contribution in [-0.2, 0) is 15.8 Å². The van der Waals surface area contributed by atoms with Crippen molar-refractivity contribution in [1.29, 1.82) is 0 Å². The topological polar surface area (TPSA) is 69.7 Å². The SMILES string of the molecule is Cc1cc(C)c(C(=O)C(=O)N2CCCN(CC(=O)Nc3ccccc3C(F)(F)F)CC2)c(C)c1. The number of aryl methyl sites for hydroxylation is 3. The van der Waals surface area contributed by atoms with Crippen LogP contribution in [-0.4, -0.2) is 60.1 Å². The minimum Gasteiger partial charge on any atom is -0.334 e. The summed E-state index contributed by atoms with van der Waals surface area (Å²) in [5.41, 5.74) is 1.74. The average molecular weight is 476 g/mol. The third-order valence-electron chi connectivity index (χ3n) is 5.85. The number of hydrogen-bond donors (Lipinski definition) is 1. The monoisotopic (exact) mass is 475 g/mol. The number of rotatable bonds is 5. The number of carbonyl (C=O) groups excluding carboxylic acids is 3. The van der Waals surface area contributed by atoms with E-state index < -0.39 is 29.3 Å². The van der Waals surface area contributed by atoms with Crippen molar-refractivity contribution in [2.75, 3.05) is 38.0 Å². The molecule has 0 unspecified atom stereocenters. The third kappa shape index (κ3) is 6.02. The molecule has 1 aliphatic rings. The van der Waals surface area contributed by atoms with Gasteiger partial charge in [-0.2, -0.15) is 13.2 Å². The van der Waals surface area contributed by atoms with Gasteiger partial charge in [-0.05, 0) is 50.5 Å². The smallest absolute Gasteiger partial charge is 0.334 e. The van der Waals surface area contributed by atoms with Gasteiger partial charge in [0.15, 0.2) is 0 Å². The number of carbonyl (C=O) groups is 3. The first-order valence-corrected chi connectivity index (χ1v) is 11.1. The number of amides is 2. The summed E-state index contributed by atoms with van der Waals surface area (Å²) in [4.78, 5) is 41.5. The second-order valence-electron chi connectivity index (χ2n) is 8.62. The lowest BCUT2D eigenvalue weighted by molar-refractivity contribution is -0.137. The molecule has 0 spiro atoms. The quantitative estimate of drug-likeness (QED) is 0.525. The zero-order chi connectivity index (χ0) is 25.0. The molecule has 2 aromatic rings. The van der Waals surface area contributed by atoms with Crippen molar-refractivity contribution in [3.8, 4) is 0 Å². The second-order valence-corrected chi connectivity index (χ2v) is 8.62. The van der Waals surface area contributed by atoms with E-state index >= 15 is 0 Å². The van der Waals surface area contributed by atoms with Gasteiger partial charge in [-0.15, -0.1) is 0 Å². The number of hydrogen-bond acceptors (Lipinski definition) is 4. The molecule has 6 nitrogen and oxygen atoms in total. The highest BCUT2D eigenvalue weighted by atomic mass is 19.4. The summed E-state index contributed by atoms with van der Waals surface area (Å²) in [6.45, 7) is 6.86. The van der Waals surface area contributed by atoms with Crippen LogP contribution in [0.3, 0.4) is 0 Å².